The van der Waals surface area contributed by atoms with Crippen molar-refractivity contribution in [3.8, 4) is 23.2 Å². The third kappa shape index (κ3) is 3.49. The normalized spacial score (nSPS) is 11.2. The first-order valence-electron chi connectivity index (χ1n) is 7.01. The zero-order valence-corrected chi connectivity index (χ0v) is 13.6. The van der Waals surface area contributed by atoms with Crippen LogP contribution in [-0.4, -0.2) is 15.2 Å². The van der Waals surface area contributed by atoms with Gasteiger partial charge in [0.2, 0.25) is 0 Å². The summed E-state index contributed by atoms with van der Waals surface area (Å²) in [6, 6.07) is 6.34. The number of aromatic amines is 1. The number of rotatable bonds is 1. The van der Waals surface area contributed by atoms with E-state index in [0.29, 0.717) is 11.3 Å². The molecule has 0 atom stereocenters. The molecule has 1 N–H and O–H groups in total. The van der Waals surface area contributed by atoms with E-state index >= 15 is 0 Å². The van der Waals surface area contributed by atoms with Crippen LogP contribution in [0, 0.1) is 25.7 Å². The lowest BCUT2D eigenvalue weighted by molar-refractivity contribution is -0.141. The van der Waals surface area contributed by atoms with Gasteiger partial charge in [-0.05, 0) is 43.7 Å². The van der Waals surface area contributed by atoms with E-state index in [1.54, 1.807) is 23.5 Å². The van der Waals surface area contributed by atoms with Crippen LogP contribution >= 0.6 is 11.3 Å². The molecule has 0 saturated carbocycles. The quantitative estimate of drug-likeness (QED) is 0.655. The molecule has 3 aromatic rings. The topological polar surface area (TPSA) is 41.6 Å². The van der Waals surface area contributed by atoms with E-state index in [1.807, 2.05) is 18.9 Å². The standard InChI is InChI=1S/C17H12F3N3S/c1-10-7-11(2)24-15(10)4-3-12-5-6-21-13(8-12)14-9-16(23-22-14)17(18,19)20/h5-9H,1-2H3,(H,22,23). The van der Waals surface area contributed by atoms with Crippen LogP contribution < -0.4 is 0 Å². The predicted molar refractivity (Wildman–Crippen MR) is 86.6 cm³/mol. The summed E-state index contributed by atoms with van der Waals surface area (Å²) in [5.74, 6) is 6.11. The number of aromatic nitrogens is 3. The first-order valence-corrected chi connectivity index (χ1v) is 7.82. The van der Waals surface area contributed by atoms with Gasteiger partial charge < -0.3 is 0 Å². The number of hydrogen-bond donors (Lipinski definition) is 1. The minimum Gasteiger partial charge on any atom is -0.273 e. The lowest BCUT2D eigenvalue weighted by atomic mass is 10.2. The number of thiophene rings is 1. The van der Waals surface area contributed by atoms with Crippen molar-refractivity contribution in [3.05, 3.63) is 57.0 Å². The molecule has 122 valence electrons. The Kier molecular flexibility index (Phi) is 4.16. The van der Waals surface area contributed by atoms with Gasteiger partial charge in [-0.15, -0.1) is 11.3 Å². The highest BCUT2D eigenvalue weighted by Gasteiger charge is 2.33. The largest absolute Gasteiger partial charge is 0.432 e. The van der Waals surface area contributed by atoms with Gasteiger partial charge in [0.1, 0.15) is 11.4 Å². The SMILES string of the molecule is Cc1cc(C)c(C#Cc2ccnc(-c3cc(C(F)(F)F)[nH]n3)c2)s1. The minimum atomic E-state index is -4.46. The zero-order valence-electron chi connectivity index (χ0n) is 12.8. The maximum absolute atomic E-state index is 12.6. The van der Waals surface area contributed by atoms with Gasteiger partial charge in [0, 0.05) is 16.6 Å². The van der Waals surface area contributed by atoms with E-state index < -0.39 is 11.9 Å². The molecule has 0 spiro atoms. The van der Waals surface area contributed by atoms with Crippen LogP contribution in [0.5, 0.6) is 0 Å². The fraction of sp³-hybridized carbons (Fsp3) is 0.176. The maximum Gasteiger partial charge on any atom is 0.432 e. The van der Waals surface area contributed by atoms with Gasteiger partial charge in [-0.25, -0.2) is 0 Å². The molecule has 0 fully saturated rings. The number of nitrogens with zero attached hydrogens (tertiary/aromatic N) is 2. The van der Waals surface area contributed by atoms with Gasteiger partial charge in [-0.3, -0.25) is 10.1 Å². The Morgan fingerprint density at radius 2 is 1.88 bits per heavy atom. The molecule has 0 aliphatic rings. The lowest BCUT2D eigenvalue weighted by Crippen LogP contribution is -2.04. The maximum atomic E-state index is 12.6. The molecule has 3 rings (SSSR count). The number of H-pyrrole nitrogens is 1. The van der Waals surface area contributed by atoms with E-state index in [9.17, 15) is 13.2 Å². The molecule has 0 aliphatic carbocycles. The average Bonchev–Trinajstić information content (AvgIpc) is 3.12. The summed E-state index contributed by atoms with van der Waals surface area (Å²) in [5, 5.41) is 5.66. The first-order chi connectivity index (χ1) is 11.3. The van der Waals surface area contributed by atoms with Crippen molar-refractivity contribution in [1.29, 1.82) is 0 Å². The van der Waals surface area contributed by atoms with Gasteiger partial charge in [-0.2, -0.15) is 18.3 Å². The predicted octanol–water partition coefficient (Wildman–Crippen LogP) is 4.57. The zero-order chi connectivity index (χ0) is 17.3. The van der Waals surface area contributed by atoms with Crippen LogP contribution in [0.3, 0.4) is 0 Å². The average molecular weight is 347 g/mol. The number of pyridine rings is 1. The molecule has 0 saturated heterocycles. The fourth-order valence-corrected chi connectivity index (χ4v) is 3.02. The second-order valence-electron chi connectivity index (χ2n) is 5.21. The Morgan fingerprint density at radius 1 is 1.08 bits per heavy atom. The van der Waals surface area contributed by atoms with Gasteiger partial charge >= 0.3 is 6.18 Å². The van der Waals surface area contributed by atoms with Crippen LogP contribution in [0.2, 0.25) is 0 Å². The van der Waals surface area contributed by atoms with Gasteiger partial charge in [0.05, 0.1) is 10.6 Å². The minimum absolute atomic E-state index is 0.133. The molecule has 0 bridgehead atoms. The van der Waals surface area contributed by atoms with Crippen molar-refractivity contribution < 1.29 is 13.2 Å². The molecule has 3 heterocycles. The molecule has 3 nitrogen and oxygen atoms in total. The summed E-state index contributed by atoms with van der Waals surface area (Å²) in [5.41, 5.74) is 1.35. The molecular formula is C17H12F3N3S. The summed E-state index contributed by atoms with van der Waals surface area (Å²) in [4.78, 5) is 6.23. The monoisotopic (exact) mass is 347 g/mol. The molecule has 0 amide bonds. The van der Waals surface area contributed by atoms with Gasteiger partial charge in [0.15, 0.2) is 0 Å². The Hall–Kier alpha value is -2.59. The summed E-state index contributed by atoms with van der Waals surface area (Å²) < 4.78 is 37.9. The molecular weight excluding hydrogens is 335 g/mol. The van der Waals surface area contributed by atoms with Crippen LogP contribution in [0.1, 0.15) is 26.6 Å². The lowest BCUT2D eigenvalue weighted by Gasteiger charge is -2.00. The van der Waals surface area contributed by atoms with Crippen molar-refractivity contribution in [1.82, 2.24) is 15.2 Å². The van der Waals surface area contributed by atoms with Crippen molar-refractivity contribution >= 4 is 11.3 Å². The Morgan fingerprint density at radius 3 is 2.50 bits per heavy atom. The Labute approximate surface area is 140 Å². The molecule has 0 aliphatic heterocycles. The molecule has 0 unspecified atom stereocenters. The first kappa shape index (κ1) is 16.3. The van der Waals surface area contributed by atoms with E-state index in [2.05, 4.69) is 28.0 Å². The molecule has 3 aromatic heterocycles. The highest BCUT2D eigenvalue weighted by molar-refractivity contribution is 7.12. The number of nitrogens with one attached hydrogen (secondary N) is 1. The third-order valence-corrected chi connectivity index (χ3v) is 4.33. The van der Waals surface area contributed by atoms with E-state index in [0.717, 1.165) is 16.5 Å². The van der Waals surface area contributed by atoms with Gasteiger partial charge in [0.25, 0.3) is 0 Å². The smallest absolute Gasteiger partial charge is 0.273 e. The van der Waals surface area contributed by atoms with Crippen LogP contribution in [0.4, 0.5) is 13.2 Å². The van der Waals surface area contributed by atoms with Crippen LogP contribution in [0.15, 0.2) is 30.5 Å². The fourth-order valence-electron chi connectivity index (χ4n) is 2.14. The van der Waals surface area contributed by atoms with Crippen molar-refractivity contribution in [2.24, 2.45) is 0 Å². The van der Waals surface area contributed by atoms with E-state index in [-0.39, 0.29) is 5.69 Å². The van der Waals surface area contributed by atoms with E-state index in [4.69, 9.17) is 0 Å². The van der Waals surface area contributed by atoms with Crippen molar-refractivity contribution in [3.63, 3.8) is 0 Å². The van der Waals surface area contributed by atoms with Crippen LogP contribution in [0.25, 0.3) is 11.4 Å². The van der Waals surface area contributed by atoms with Crippen molar-refractivity contribution in [2.75, 3.05) is 0 Å². The molecule has 0 radical (unpaired) electrons. The number of halogens is 3. The van der Waals surface area contributed by atoms with Crippen molar-refractivity contribution in [2.45, 2.75) is 20.0 Å². The number of alkyl halides is 3. The number of aryl methyl sites for hydroxylation is 2. The number of hydrogen-bond acceptors (Lipinski definition) is 3. The molecule has 24 heavy (non-hydrogen) atoms. The molecule has 0 aromatic carbocycles. The summed E-state index contributed by atoms with van der Waals surface area (Å²) >= 11 is 1.61. The second kappa shape index (κ2) is 6.13. The second-order valence-corrected chi connectivity index (χ2v) is 6.47. The Balaban J connectivity index is 1.90. The molecule has 7 heteroatoms. The van der Waals surface area contributed by atoms with Gasteiger partial charge in [-0.1, -0.05) is 11.8 Å². The van der Waals surface area contributed by atoms with Crippen LogP contribution in [-0.2, 0) is 6.18 Å². The highest BCUT2D eigenvalue weighted by Crippen LogP contribution is 2.29. The third-order valence-electron chi connectivity index (χ3n) is 3.27. The summed E-state index contributed by atoms with van der Waals surface area (Å²) in [6.45, 7) is 4.01. The summed E-state index contributed by atoms with van der Waals surface area (Å²) in [6.07, 6.45) is -2.95. The Bertz CT molecular complexity index is 942. The van der Waals surface area contributed by atoms with E-state index in [1.165, 1.54) is 11.1 Å². The highest BCUT2D eigenvalue weighted by atomic mass is 32.1. The summed E-state index contributed by atoms with van der Waals surface area (Å²) in [7, 11) is 0.